The van der Waals surface area contributed by atoms with Crippen molar-refractivity contribution >= 4 is 52.3 Å². The van der Waals surface area contributed by atoms with E-state index in [0.717, 1.165) is 120 Å². The number of anilines is 3. The minimum Gasteiger partial charge on any atom is -0.382 e. The normalized spacial score (nSPS) is 24.8. The molecule has 0 aromatic heterocycles. The van der Waals surface area contributed by atoms with Crippen molar-refractivity contribution in [1.82, 2.24) is 20.0 Å². The fraction of sp³-hybridized carbons (Fsp3) is 0.489. The van der Waals surface area contributed by atoms with Gasteiger partial charge in [-0.3, -0.25) is 29.4 Å². The Balaban J connectivity index is 0.707. The van der Waals surface area contributed by atoms with Crippen molar-refractivity contribution in [3.8, 4) is 6.07 Å². The number of nitriles is 1. The first kappa shape index (κ1) is 38.4. The van der Waals surface area contributed by atoms with E-state index in [4.69, 9.17) is 11.6 Å². The topological polar surface area (TPSA) is 132 Å². The van der Waals surface area contributed by atoms with Crippen molar-refractivity contribution in [3.63, 3.8) is 0 Å². The Bertz CT molecular complexity index is 2130. The molecule has 3 aromatic carbocycles. The second-order valence-corrected chi connectivity index (χ2v) is 17.6. The first-order chi connectivity index (χ1) is 28.1. The SMILES string of the molecule is N#Cc1ccc(N2CCC3(CCN(C(=O)c4ccc(N5CCN(C6CCC(Nc7ccc8c(c7)CN(C7CCC(=O)NC7=O)C8=O)CC6)CC5)cc4)CC3)C2)cc1Cl. The number of halogens is 1. The maximum atomic E-state index is 13.6. The number of carbonyl (C=O) groups is 4. The average molecular weight is 803 g/mol. The van der Waals surface area contributed by atoms with Gasteiger partial charge < -0.3 is 24.9 Å². The molecule has 0 bridgehead atoms. The summed E-state index contributed by atoms with van der Waals surface area (Å²) in [5, 5.41) is 15.8. The van der Waals surface area contributed by atoms with Crippen LogP contribution >= 0.6 is 11.6 Å². The van der Waals surface area contributed by atoms with Gasteiger partial charge in [0.1, 0.15) is 12.1 Å². The lowest BCUT2D eigenvalue weighted by Gasteiger charge is -2.43. The van der Waals surface area contributed by atoms with Crippen molar-refractivity contribution in [2.75, 3.05) is 67.5 Å². The van der Waals surface area contributed by atoms with E-state index in [2.05, 4.69) is 49.6 Å². The Morgan fingerprint density at radius 3 is 2.24 bits per heavy atom. The number of nitrogens with zero attached hydrogens (tertiary/aromatic N) is 6. The van der Waals surface area contributed by atoms with Crippen LogP contribution in [0, 0.1) is 16.7 Å². The molecule has 0 radical (unpaired) electrons. The van der Waals surface area contributed by atoms with Crippen molar-refractivity contribution < 1.29 is 19.2 Å². The molecule has 4 saturated heterocycles. The lowest BCUT2D eigenvalue weighted by molar-refractivity contribution is -0.136. The molecule has 1 spiro atoms. The van der Waals surface area contributed by atoms with Gasteiger partial charge in [0, 0.05) is 106 Å². The average Bonchev–Trinajstić information content (AvgIpc) is 3.81. The van der Waals surface area contributed by atoms with Crippen molar-refractivity contribution in [2.24, 2.45) is 5.41 Å². The van der Waals surface area contributed by atoms with Gasteiger partial charge in [-0.1, -0.05) is 11.6 Å². The molecule has 1 aliphatic carbocycles. The summed E-state index contributed by atoms with van der Waals surface area (Å²) in [5.41, 5.74) is 6.27. The number of likely N-dealkylation sites (tertiary alicyclic amines) is 1. The number of benzene rings is 3. The Labute approximate surface area is 345 Å². The Kier molecular flexibility index (Phi) is 10.5. The van der Waals surface area contributed by atoms with Crippen LogP contribution in [0.4, 0.5) is 17.1 Å². The molecule has 4 amide bonds. The Hall–Kier alpha value is -5.12. The highest BCUT2D eigenvalue weighted by molar-refractivity contribution is 6.32. The van der Waals surface area contributed by atoms with Crippen LogP contribution in [0.1, 0.15) is 89.6 Å². The van der Waals surface area contributed by atoms with Crippen molar-refractivity contribution in [3.05, 3.63) is 87.9 Å². The number of carbonyl (C=O) groups excluding carboxylic acids is 4. The van der Waals surface area contributed by atoms with Gasteiger partial charge in [0.2, 0.25) is 11.8 Å². The number of imide groups is 1. The molecule has 12 nitrogen and oxygen atoms in total. The fourth-order valence-electron chi connectivity index (χ4n) is 10.4. The first-order valence-electron chi connectivity index (χ1n) is 21.0. The van der Waals surface area contributed by atoms with E-state index < -0.39 is 6.04 Å². The molecule has 58 heavy (non-hydrogen) atoms. The van der Waals surface area contributed by atoms with E-state index in [1.54, 1.807) is 11.0 Å². The standard InChI is InChI=1S/C45H51ClN8O4/c46-39-26-37(9-3-31(39)27-47)53-20-17-45(29-53)15-18-52(19-16-45)43(57)30-1-7-35(8-2-30)50-21-23-51(24-22-50)36-10-4-33(5-11-36)48-34-6-12-38-32(25-34)28-54(44(38)58)40-13-14-41(55)49-42(40)56/h1-3,6-9,12,25-26,33,36,40,48H,4-5,10-11,13-24,28-29H2,(H,49,55,56). The quantitative estimate of drug-likeness (QED) is 0.291. The van der Waals surface area contributed by atoms with Gasteiger partial charge in [0.15, 0.2) is 0 Å². The molecule has 6 aliphatic rings. The monoisotopic (exact) mass is 802 g/mol. The van der Waals surface area contributed by atoms with Crippen molar-refractivity contribution in [1.29, 1.82) is 5.26 Å². The number of hydrogen-bond donors (Lipinski definition) is 2. The lowest BCUT2D eigenvalue weighted by atomic mass is 9.77. The molecular formula is C45H51ClN8O4. The first-order valence-corrected chi connectivity index (χ1v) is 21.4. The Morgan fingerprint density at radius 2 is 1.53 bits per heavy atom. The van der Waals surface area contributed by atoms with Gasteiger partial charge in [0.25, 0.3) is 11.8 Å². The molecule has 5 heterocycles. The van der Waals surface area contributed by atoms with Crippen LogP contribution in [-0.2, 0) is 16.1 Å². The third-order valence-corrected chi connectivity index (χ3v) is 14.2. The number of piperidine rings is 2. The zero-order chi connectivity index (χ0) is 40.0. The van der Waals surface area contributed by atoms with Crippen LogP contribution in [0.15, 0.2) is 60.7 Å². The van der Waals surface area contributed by atoms with E-state index >= 15 is 0 Å². The van der Waals surface area contributed by atoms with Crippen LogP contribution in [0.3, 0.4) is 0 Å². The number of amides is 4. The number of rotatable bonds is 7. The second-order valence-electron chi connectivity index (χ2n) is 17.2. The molecule has 13 heteroatoms. The molecular weight excluding hydrogens is 752 g/mol. The molecule has 1 unspecified atom stereocenters. The van der Waals surface area contributed by atoms with Crippen LogP contribution < -0.4 is 20.4 Å². The summed E-state index contributed by atoms with van der Waals surface area (Å²) in [7, 11) is 0. The summed E-state index contributed by atoms with van der Waals surface area (Å²) in [6, 6.07) is 22.3. The maximum Gasteiger partial charge on any atom is 0.255 e. The zero-order valence-electron chi connectivity index (χ0n) is 32.9. The van der Waals surface area contributed by atoms with Gasteiger partial charge in [-0.25, -0.2) is 0 Å². The molecule has 5 fully saturated rings. The number of fused-ring (bicyclic) bond motifs is 1. The second kappa shape index (κ2) is 15.9. The third kappa shape index (κ3) is 7.62. The van der Waals surface area contributed by atoms with Gasteiger partial charge in [-0.2, -0.15) is 5.26 Å². The minimum atomic E-state index is -0.600. The number of piperazine rings is 1. The highest BCUT2D eigenvalue weighted by atomic mass is 35.5. The van der Waals surface area contributed by atoms with E-state index in [1.807, 2.05) is 41.3 Å². The summed E-state index contributed by atoms with van der Waals surface area (Å²) < 4.78 is 0. The van der Waals surface area contributed by atoms with E-state index in [-0.39, 0.29) is 35.5 Å². The van der Waals surface area contributed by atoms with Crippen LogP contribution in [0.2, 0.25) is 5.02 Å². The zero-order valence-corrected chi connectivity index (χ0v) is 33.7. The molecule has 2 N–H and O–H groups in total. The highest BCUT2D eigenvalue weighted by Crippen LogP contribution is 2.43. The molecule has 5 aliphatic heterocycles. The smallest absolute Gasteiger partial charge is 0.255 e. The van der Waals surface area contributed by atoms with Crippen LogP contribution in [-0.4, -0.2) is 109 Å². The number of nitrogens with one attached hydrogen (secondary N) is 2. The minimum absolute atomic E-state index is 0.118. The third-order valence-electron chi connectivity index (χ3n) is 13.9. The van der Waals surface area contributed by atoms with Gasteiger partial charge in [-0.15, -0.1) is 0 Å². The predicted octanol–water partition coefficient (Wildman–Crippen LogP) is 5.65. The maximum absolute atomic E-state index is 13.6. The summed E-state index contributed by atoms with van der Waals surface area (Å²) >= 11 is 6.33. The molecule has 1 atom stereocenters. The van der Waals surface area contributed by atoms with E-state index in [0.29, 0.717) is 41.2 Å². The molecule has 302 valence electrons. The molecule has 9 rings (SSSR count). The van der Waals surface area contributed by atoms with Gasteiger partial charge in [-0.05, 0) is 123 Å². The van der Waals surface area contributed by atoms with E-state index in [1.165, 1.54) is 5.69 Å². The van der Waals surface area contributed by atoms with Crippen molar-refractivity contribution in [2.45, 2.75) is 82.5 Å². The summed E-state index contributed by atoms with van der Waals surface area (Å²) in [6.07, 6.45) is 8.16. The fourth-order valence-corrected chi connectivity index (χ4v) is 10.6. The molecule has 1 saturated carbocycles. The molecule has 3 aromatic rings. The predicted molar refractivity (Wildman–Crippen MR) is 223 cm³/mol. The lowest BCUT2D eigenvalue weighted by Crippen LogP contribution is -2.52. The summed E-state index contributed by atoms with van der Waals surface area (Å²) in [5.74, 6) is -0.685. The van der Waals surface area contributed by atoms with E-state index in [9.17, 15) is 24.4 Å². The summed E-state index contributed by atoms with van der Waals surface area (Å²) in [6.45, 7) is 7.83. The van der Waals surface area contributed by atoms with Crippen LogP contribution in [0.5, 0.6) is 0 Å². The summed E-state index contributed by atoms with van der Waals surface area (Å²) in [4.78, 5) is 61.8. The van der Waals surface area contributed by atoms with Gasteiger partial charge >= 0.3 is 0 Å². The van der Waals surface area contributed by atoms with Gasteiger partial charge in [0.05, 0.1) is 10.6 Å². The Morgan fingerprint density at radius 1 is 0.810 bits per heavy atom. The number of hydrogen-bond acceptors (Lipinski definition) is 9. The largest absolute Gasteiger partial charge is 0.382 e. The van der Waals surface area contributed by atoms with Crippen LogP contribution in [0.25, 0.3) is 0 Å². The highest BCUT2D eigenvalue weighted by Gasteiger charge is 2.42.